The minimum Gasteiger partial charge on any atom is -0.368 e. The SMILES string of the molecule is CN=C(NCC(C)Cn1cccn1)N1CCN(c2cccc(C)c2C)CC1. The maximum atomic E-state index is 4.50. The van der Waals surface area contributed by atoms with E-state index >= 15 is 0 Å². The van der Waals surface area contributed by atoms with E-state index in [1.165, 1.54) is 16.8 Å². The lowest BCUT2D eigenvalue weighted by Crippen LogP contribution is -2.53. The Morgan fingerprint density at radius 1 is 1.19 bits per heavy atom. The largest absolute Gasteiger partial charge is 0.368 e. The molecule has 1 fully saturated rings. The van der Waals surface area contributed by atoms with Crippen LogP contribution >= 0.6 is 0 Å². The first kappa shape index (κ1) is 19.3. The molecular weight excluding hydrogens is 336 g/mol. The third-order valence-electron chi connectivity index (χ3n) is 5.37. The van der Waals surface area contributed by atoms with Crippen molar-refractivity contribution >= 4 is 11.6 Å². The number of nitrogens with one attached hydrogen (secondary N) is 1. The van der Waals surface area contributed by atoms with Crippen molar-refractivity contribution in [3.8, 4) is 0 Å². The molecule has 1 aromatic heterocycles. The molecule has 0 amide bonds. The number of guanidine groups is 1. The number of piperazine rings is 1. The summed E-state index contributed by atoms with van der Waals surface area (Å²) >= 11 is 0. The molecule has 27 heavy (non-hydrogen) atoms. The van der Waals surface area contributed by atoms with Gasteiger partial charge in [0.2, 0.25) is 0 Å². The Labute approximate surface area is 162 Å². The normalized spacial score (nSPS) is 16.5. The Bertz CT molecular complexity index is 744. The second-order valence-corrected chi connectivity index (χ2v) is 7.45. The van der Waals surface area contributed by atoms with Gasteiger partial charge in [0.05, 0.1) is 0 Å². The lowest BCUT2D eigenvalue weighted by molar-refractivity contribution is 0.364. The van der Waals surface area contributed by atoms with Gasteiger partial charge in [0, 0.05) is 64.4 Å². The molecule has 0 bridgehead atoms. The third kappa shape index (κ3) is 4.81. The van der Waals surface area contributed by atoms with Crippen molar-refractivity contribution in [1.29, 1.82) is 0 Å². The van der Waals surface area contributed by atoms with Crippen LogP contribution < -0.4 is 10.2 Å². The van der Waals surface area contributed by atoms with Crippen LogP contribution in [-0.4, -0.2) is 60.4 Å². The Hall–Kier alpha value is -2.50. The summed E-state index contributed by atoms with van der Waals surface area (Å²) in [6.07, 6.45) is 3.84. The molecule has 0 aliphatic carbocycles. The van der Waals surface area contributed by atoms with Crippen LogP contribution in [0.5, 0.6) is 0 Å². The van der Waals surface area contributed by atoms with Crippen LogP contribution in [0.15, 0.2) is 41.7 Å². The Morgan fingerprint density at radius 2 is 1.96 bits per heavy atom. The molecule has 1 atom stereocenters. The number of rotatable bonds is 5. The smallest absolute Gasteiger partial charge is 0.193 e. The molecule has 0 radical (unpaired) electrons. The van der Waals surface area contributed by atoms with E-state index in [0.717, 1.165) is 45.2 Å². The van der Waals surface area contributed by atoms with E-state index in [9.17, 15) is 0 Å². The summed E-state index contributed by atoms with van der Waals surface area (Å²) in [4.78, 5) is 9.36. The van der Waals surface area contributed by atoms with Gasteiger partial charge in [-0.3, -0.25) is 9.67 Å². The first-order chi connectivity index (χ1) is 13.1. The summed E-state index contributed by atoms with van der Waals surface area (Å²) in [7, 11) is 1.87. The Balaban J connectivity index is 1.50. The highest BCUT2D eigenvalue weighted by Crippen LogP contribution is 2.23. The standard InChI is InChI=1S/C21H32N6/c1-17(16-27-10-6-9-24-27)15-23-21(22-4)26-13-11-25(12-14-26)20-8-5-7-18(2)19(20)3/h5-10,17H,11-16H2,1-4H3,(H,22,23). The molecule has 0 spiro atoms. The van der Waals surface area contributed by atoms with Crippen molar-refractivity contribution in [2.75, 3.05) is 44.7 Å². The van der Waals surface area contributed by atoms with E-state index in [0.29, 0.717) is 5.92 Å². The first-order valence-corrected chi connectivity index (χ1v) is 9.82. The lowest BCUT2D eigenvalue weighted by atomic mass is 10.1. The molecule has 1 aliphatic heterocycles. The maximum Gasteiger partial charge on any atom is 0.193 e. The number of benzene rings is 1. The van der Waals surface area contributed by atoms with Gasteiger partial charge < -0.3 is 15.1 Å². The number of nitrogens with zero attached hydrogens (tertiary/aromatic N) is 5. The fourth-order valence-corrected chi connectivity index (χ4v) is 3.63. The summed E-state index contributed by atoms with van der Waals surface area (Å²) in [6, 6.07) is 8.55. The van der Waals surface area contributed by atoms with Gasteiger partial charge in [-0.1, -0.05) is 19.1 Å². The number of anilines is 1. The van der Waals surface area contributed by atoms with Gasteiger partial charge in [0.1, 0.15) is 0 Å². The fourth-order valence-electron chi connectivity index (χ4n) is 3.63. The molecule has 1 N–H and O–H groups in total. The van der Waals surface area contributed by atoms with E-state index in [1.807, 2.05) is 30.2 Å². The van der Waals surface area contributed by atoms with Crippen LogP contribution in [0.1, 0.15) is 18.1 Å². The van der Waals surface area contributed by atoms with Crippen LogP contribution in [0.4, 0.5) is 5.69 Å². The van der Waals surface area contributed by atoms with E-state index in [1.54, 1.807) is 0 Å². The molecule has 2 aromatic rings. The molecule has 6 nitrogen and oxygen atoms in total. The van der Waals surface area contributed by atoms with Gasteiger partial charge in [-0.05, 0) is 43.0 Å². The van der Waals surface area contributed by atoms with Crippen molar-refractivity contribution in [3.63, 3.8) is 0 Å². The number of aryl methyl sites for hydroxylation is 1. The van der Waals surface area contributed by atoms with Crippen molar-refractivity contribution in [2.24, 2.45) is 10.9 Å². The number of hydrogen-bond acceptors (Lipinski definition) is 3. The predicted molar refractivity (Wildman–Crippen MR) is 112 cm³/mol. The van der Waals surface area contributed by atoms with Crippen LogP contribution in [0.2, 0.25) is 0 Å². The summed E-state index contributed by atoms with van der Waals surface area (Å²) in [5, 5.41) is 7.83. The molecule has 1 aliphatic rings. The van der Waals surface area contributed by atoms with Gasteiger partial charge in [0.15, 0.2) is 5.96 Å². The highest BCUT2D eigenvalue weighted by atomic mass is 15.3. The van der Waals surface area contributed by atoms with Gasteiger partial charge in [-0.2, -0.15) is 5.10 Å². The van der Waals surface area contributed by atoms with Gasteiger partial charge in [-0.15, -0.1) is 0 Å². The number of hydrogen-bond donors (Lipinski definition) is 1. The summed E-state index contributed by atoms with van der Waals surface area (Å²) in [5.41, 5.74) is 4.12. The number of aliphatic imine (C=N–C) groups is 1. The number of aromatic nitrogens is 2. The van der Waals surface area contributed by atoms with Gasteiger partial charge >= 0.3 is 0 Å². The van der Waals surface area contributed by atoms with Crippen molar-refractivity contribution in [1.82, 2.24) is 20.0 Å². The minimum atomic E-state index is 0.484. The average molecular weight is 369 g/mol. The fraction of sp³-hybridized carbons (Fsp3) is 0.524. The Morgan fingerprint density at radius 3 is 2.63 bits per heavy atom. The average Bonchev–Trinajstić information content (AvgIpc) is 3.18. The minimum absolute atomic E-state index is 0.484. The van der Waals surface area contributed by atoms with E-state index in [4.69, 9.17) is 0 Å². The van der Waals surface area contributed by atoms with Crippen molar-refractivity contribution < 1.29 is 0 Å². The van der Waals surface area contributed by atoms with Crippen LogP contribution in [0.25, 0.3) is 0 Å². The second-order valence-electron chi connectivity index (χ2n) is 7.45. The molecule has 2 heterocycles. The zero-order valence-electron chi connectivity index (χ0n) is 17.0. The molecule has 1 aromatic carbocycles. The topological polar surface area (TPSA) is 48.7 Å². The summed E-state index contributed by atoms with van der Waals surface area (Å²) in [5.74, 6) is 1.49. The van der Waals surface area contributed by atoms with Gasteiger partial charge in [-0.25, -0.2) is 0 Å². The van der Waals surface area contributed by atoms with Crippen LogP contribution in [0.3, 0.4) is 0 Å². The molecule has 146 valence electrons. The molecule has 6 heteroatoms. The summed E-state index contributed by atoms with van der Waals surface area (Å²) in [6.45, 7) is 12.5. The van der Waals surface area contributed by atoms with E-state index in [2.05, 4.69) is 64.2 Å². The third-order valence-corrected chi connectivity index (χ3v) is 5.37. The maximum absolute atomic E-state index is 4.50. The zero-order valence-corrected chi connectivity index (χ0v) is 17.0. The first-order valence-electron chi connectivity index (χ1n) is 9.82. The van der Waals surface area contributed by atoms with E-state index < -0.39 is 0 Å². The lowest BCUT2D eigenvalue weighted by Gasteiger charge is -2.38. The molecule has 1 saturated heterocycles. The second kappa shape index (κ2) is 8.93. The molecular formula is C21H32N6. The highest BCUT2D eigenvalue weighted by molar-refractivity contribution is 5.80. The molecule has 1 unspecified atom stereocenters. The quantitative estimate of drug-likeness (QED) is 0.651. The molecule has 3 rings (SSSR count). The van der Waals surface area contributed by atoms with Crippen molar-refractivity contribution in [2.45, 2.75) is 27.3 Å². The van der Waals surface area contributed by atoms with E-state index in [-0.39, 0.29) is 0 Å². The van der Waals surface area contributed by atoms with Crippen molar-refractivity contribution in [3.05, 3.63) is 47.8 Å². The monoisotopic (exact) mass is 368 g/mol. The molecule has 0 saturated carbocycles. The predicted octanol–water partition coefficient (Wildman–Crippen LogP) is 2.53. The Kier molecular flexibility index (Phi) is 6.37. The zero-order chi connectivity index (χ0) is 19.2. The highest BCUT2D eigenvalue weighted by Gasteiger charge is 2.21. The summed E-state index contributed by atoms with van der Waals surface area (Å²) < 4.78 is 1.98. The van der Waals surface area contributed by atoms with Crippen LogP contribution in [-0.2, 0) is 6.54 Å². The van der Waals surface area contributed by atoms with Gasteiger partial charge in [0.25, 0.3) is 0 Å². The van der Waals surface area contributed by atoms with Crippen LogP contribution in [0, 0.1) is 19.8 Å².